The molecular formula is C23H28N4O4. The van der Waals surface area contributed by atoms with Gasteiger partial charge in [-0.1, -0.05) is 6.07 Å². The quantitative estimate of drug-likeness (QED) is 0.792. The number of amides is 1. The second-order valence-corrected chi connectivity index (χ2v) is 8.42. The van der Waals surface area contributed by atoms with Crippen molar-refractivity contribution in [3.05, 3.63) is 52.7 Å². The largest absolute Gasteiger partial charge is 0.455 e. The van der Waals surface area contributed by atoms with Crippen molar-refractivity contribution in [3.8, 4) is 0 Å². The predicted octanol–water partition coefficient (Wildman–Crippen LogP) is 2.30. The van der Waals surface area contributed by atoms with Gasteiger partial charge in [0.15, 0.2) is 5.76 Å². The number of hydrogen-bond acceptors (Lipinski definition) is 7. The van der Waals surface area contributed by atoms with Gasteiger partial charge in [-0.05, 0) is 32.4 Å². The molecule has 1 amide bonds. The Morgan fingerprint density at radius 2 is 2.23 bits per heavy atom. The van der Waals surface area contributed by atoms with Crippen LogP contribution in [0, 0.1) is 12.8 Å². The molecule has 3 atom stereocenters. The summed E-state index contributed by atoms with van der Waals surface area (Å²) in [6.45, 7) is 6.90. The fraction of sp³-hybridized carbons (Fsp3) is 0.522. The number of hydrazone groups is 1. The Labute approximate surface area is 181 Å². The van der Waals surface area contributed by atoms with Gasteiger partial charge in [0.1, 0.15) is 5.76 Å². The molecule has 8 heteroatoms. The maximum Gasteiger partial charge on any atom is 0.287 e. The first-order valence-corrected chi connectivity index (χ1v) is 11.0. The van der Waals surface area contributed by atoms with Gasteiger partial charge in [-0.25, -0.2) is 0 Å². The topological polar surface area (TPSA) is 89.2 Å². The summed E-state index contributed by atoms with van der Waals surface area (Å²) in [6, 6.07) is 6.22. The van der Waals surface area contributed by atoms with E-state index in [-0.39, 0.29) is 18.1 Å². The third kappa shape index (κ3) is 3.85. The summed E-state index contributed by atoms with van der Waals surface area (Å²) in [5.41, 5.74) is 3.90. The van der Waals surface area contributed by atoms with Gasteiger partial charge in [0.05, 0.1) is 49.9 Å². The number of aryl methyl sites for hydroxylation is 1. The Hall–Kier alpha value is -2.71. The molecule has 0 spiro atoms. The molecule has 2 aromatic rings. The normalized spacial score (nSPS) is 25.0. The maximum absolute atomic E-state index is 12.8. The first kappa shape index (κ1) is 20.2. The van der Waals surface area contributed by atoms with Gasteiger partial charge in [0.25, 0.3) is 5.91 Å². The number of ether oxygens (including phenoxy) is 2. The van der Waals surface area contributed by atoms with Crippen LogP contribution in [0.15, 0.2) is 33.9 Å². The van der Waals surface area contributed by atoms with Crippen molar-refractivity contribution < 1.29 is 18.7 Å². The number of pyridine rings is 1. The number of carbonyl (C=O) groups excluding carboxylic acids is 1. The first-order valence-electron chi connectivity index (χ1n) is 11.0. The minimum atomic E-state index is -0.213. The van der Waals surface area contributed by atoms with Crippen molar-refractivity contribution in [1.82, 2.24) is 15.3 Å². The van der Waals surface area contributed by atoms with Gasteiger partial charge >= 0.3 is 0 Å². The summed E-state index contributed by atoms with van der Waals surface area (Å²) in [5.74, 6) is 1.36. The van der Waals surface area contributed by atoms with Crippen LogP contribution in [-0.2, 0) is 22.4 Å². The third-order valence-corrected chi connectivity index (χ3v) is 6.43. The van der Waals surface area contributed by atoms with E-state index in [9.17, 15) is 4.79 Å². The van der Waals surface area contributed by atoms with Gasteiger partial charge in [-0.2, -0.15) is 5.10 Å². The number of rotatable bonds is 5. The van der Waals surface area contributed by atoms with E-state index >= 15 is 0 Å². The lowest BCUT2D eigenvalue weighted by atomic mass is 9.81. The Balaban J connectivity index is 1.35. The zero-order chi connectivity index (χ0) is 21.4. The molecule has 164 valence electrons. The van der Waals surface area contributed by atoms with Crippen LogP contribution in [0.3, 0.4) is 0 Å². The summed E-state index contributed by atoms with van der Waals surface area (Å²) in [5, 5.41) is 10.0. The van der Waals surface area contributed by atoms with Crippen LogP contribution in [0.25, 0.3) is 0 Å². The van der Waals surface area contributed by atoms with Crippen LogP contribution in [0.4, 0.5) is 0 Å². The van der Waals surface area contributed by atoms with E-state index < -0.39 is 0 Å². The SMILES string of the molecule is Cc1c(C(=O)NC[C@@H]2COCCO2)oc2c1C1=NN(Cc3ccccn3)C(C)C1CC2. The smallest absolute Gasteiger partial charge is 0.287 e. The summed E-state index contributed by atoms with van der Waals surface area (Å²) < 4.78 is 17.0. The number of nitrogens with zero attached hydrogens (tertiary/aromatic N) is 3. The van der Waals surface area contributed by atoms with Crippen molar-refractivity contribution in [3.63, 3.8) is 0 Å². The highest BCUT2D eigenvalue weighted by atomic mass is 16.6. The van der Waals surface area contributed by atoms with Crippen molar-refractivity contribution >= 4 is 11.6 Å². The summed E-state index contributed by atoms with van der Waals surface area (Å²) in [4.78, 5) is 17.3. The van der Waals surface area contributed by atoms with Crippen LogP contribution >= 0.6 is 0 Å². The standard InChI is InChI=1S/C23H28N4O4/c1-14-20-19(31-22(14)23(28)25-11-17-13-29-9-10-30-17)7-6-18-15(2)27(26-21(18)20)12-16-5-3-4-8-24-16/h3-5,8,15,17-18H,6-7,9-13H2,1-2H3,(H,25,28)/t15?,17-,18?/m1/s1. The summed E-state index contributed by atoms with van der Waals surface area (Å²) in [7, 11) is 0. The monoisotopic (exact) mass is 424 g/mol. The summed E-state index contributed by atoms with van der Waals surface area (Å²) >= 11 is 0. The third-order valence-electron chi connectivity index (χ3n) is 6.43. The average molecular weight is 425 g/mol. The molecule has 2 aromatic heterocycles. The molecule has 0 aromatic carbocycles. The molecule has 1 fully saturated rings. The molecule has 3 aliphatic rings. The zero-order valence-electron chi connectivity index (χ0n) is 18.0. The lowest BCUT2D eigenvalue weighted by Crippen LogP contribution is -2.39. The van der Waals surface area contributed by atoms with Crippen LogP contribution in [0.2, 0.25) is 0 Å². The molecule has 0 bridgehead atoms. The predicted molar refractivity (Wildman–Crippen MR) is 114 cm³/mol. The van der Waals surface area contributed by atoms with E-state index in [0.717, 1.165) is 41.1 Å². The van der Waals surface area contributed by atoms with E-state index in [4.69, 9.17) is 19.0 Å². The van der Waals surface area contributed by atoms with Crippen molar-refractivity contribution in [2.75, 3.05) is 26.4 Å². The molecule has 4 heterocycles. The molecule has 5 rings (SSSR count). The fourth-order valence-corrected chi connectivity index (χ4v) is 4.72. The highest BCUT2D eigenvalue weighted by Gasteiger charge is 2.41. The van der Waals surface area contributed by atoms with E-state index in [2.05, 4.69) is 22.2 Å². The lowest BCUT2D eigenvalue weighted by Gasteiger charge is -2.25. The number of hydrogen-bond donors (Lipinski definition) is 1. The van der Waals surface area contributed by atoms with Gasteiger partial charge in [-0.3, -0.25) is 14.8 Å². The molecule has 2 aliphatic heterocycles. The fourth-order valence-electron chi connectivity index (χ4n) is 4.72. The van der Waals surface area contributed by atoms with Crippen LogP contribution in [0.1, 0.15) is 46.5 Å². The molecule has 2 unspecified atom stereocenters. The molecule has 0 saturated carbocycles. The molecule has 31 heavy (non-hydrogen) atoms. The molecule has 1 N–H and O–H groups in total. The second kappa shape index (κ2) is 8.43. The number of carbonyl (C=O) groups is 1. The molecule has 1 aliphatic carbocycles. The van der Waals surface area contributed by atoms with Crippen LogP contribution in [0.5, 0.6) is 0 Å². The number of fused-ring (bicyclic) bond motifs is 3. The van der Waals surface area contributed by atoms with Crippen molar-refractivity contribution in [2.45, 2.75) is 45.4 Å². The van der Waals surface area contributed by atoms with E-state index in [1.54, 1.807) is 0 Å². The Morgan fingerprint density at radius 3 is 3.00 bits per heavy atom. The van der Waals surface area contributed by atoms with Crippen molar-refractivity contribution in [1.29, 1.82) is 0 Å². The van der Waals surface area contributed by atoms with Crippen molar-refractivity contribution in [2.24, 2.45) is 11.0 Å². The van der Waals surface area contributed by atoms with E-state index in [1.165, 1.54) is 0 Å². The number of aromatic nitrogens is 1. The average Bonchev–Trinajstić information content (AvgIpc) is 3.30. The van der Waals surface area contributed by atoms with Gasteiger partial charge in [0, 0.05) is 36.2 Å². The Bertz CT molecular complexity index is 981. The number of nitrogens with one attached hydrogen (secondary N) is 1. The molecule has 8 nitrogen and oxygen atoms in total. The molecular weight excluding hydrogens is 396 g/mol. The van der Waals surface area contributed by atoms with Crippen LogP contribution < -0.4 is 5.32 Å². The zero-order valence-corrected chi connectivity index (χ0v) is 18.0. The minimum Gasteiger partial charge on any atom is -0.455 e. The minimum absolute atomic E-state index is 0.118. The number of furan rings is 1. The van der Waals surface area contributed by atoms with Gasteiger partial charge in [-0.15, -0.1) is 0 Å². The highest BCUT2D eigenvalue weighted by molar-refractivity contribution is 6.08. The Kier molecular flexibility index (Phi) is 5.50. The summed E-state index contributed by atoms with van der Waals surface area (Å²) in [6.07, 6.45) is 3.47. The van der Waals surface area contributed by atoms with Gasteiger partial charge < -0.3 is 19.2 Å². The molecule has 0 radical (unpaired) electrons. The first-order chi connectivity index (χ1) is 15.1. The van der Waals surface area contributed by atoms with Crippen LogP contribution in [-0.4, -0.2) is 60.1 Å². The van der Waals surface area contributed by atoms with E-state index in [1.807, 2.05) is 31.3 Å². The molecule has 1 saturated heterocycles. The van der Waals surface area contributed by atoms with E-state index in [0.29, 0.717) is 44.6 Å². The lowest BCUT2D eigenvalue weighted by molar-refractivity contribution is -0.0856. The second-order valence-electron chi connectivity index (χ2n) is 8.42. The Morgan fingerprint density at radius 1 is 1.32 bits per heavy atom. The maximum atomic E-state index is 12.8. The van der Waals surface area contributed by atoms with Gasteiger partial charge in [0.2, 0.25) is 0 Å². The highest BCUT2D eigenvalue weighted by Crippen LogP contribution is 2.39.